The molecule has 0 saturated heterocycles. The molecule has 0 radical (unpaired) electrons. The van der Waals surface area contributed by atoms with Crippen LogP contribution in [0.4, 0.5) is 0 Å². The molecule has 27 heavy (non-hydrogen) atoms. The SMILES string of the molecule is CCNC(=NCC(C)(O)c1cccs1)NCCc1ccc(OC)cc1Cl.I. The minimum atomic E-state index is -0.976. The van der Waals surface area contributed by atoms with Crippen LogP contribution in [0.2, 0.25) is 5.02 Å². The number of aliphatic hydroxyl groups is 1. The zero-order valence-corrected chi connectivity index (χ0v) is 19.7. The van der Waals surface area contributed by atoms with Crippen molar-refractivity contribution in [3.63, 3.8) is 0 Å². The first kappa shape index (κ1) is 24.0. The number of ether oxygens (including phenoxy) is 1. The zero-order chi connectivity index (χ0) is 19.0. The molecule has 0 aliphatic rings. The number of hydrogen-bond donors (Lipinski definition) is 3. The summed E-state index contributed by atoms with van der Waals surface area (Å²) in [6.45, 7) is 5.50. The molecule has 8 heteroatoms. The Labute approximate surface area is 187 Å². The number of nitrogens with zero attached hydrogens (tertiary/aromatic N) is 1. The second-order valence-electron chi connectivity index (χ2n) is 6.08. The lowest BCUT2D eigenvalue weighted by Crippen LogP contribution is -2.39. The summed E-state index contributed by atoms with van der Waals surface area (Å²) in [7, 11) is 1.62. The van der Waals surface area contributed by atoms with E-state index in [1.165, 1.54) is 11.3 Å². The van der Waals surface area contributed by atoms with Crippen molar-refractivity contribution in [3.8, 4) is 5.75 Å². The fourth-order valence-corrected chi connectivity index (χ4v) is 3.46. The van der Waals surface area contributed by atoms with Crippen LogP contribution in [0.5, 0.6) is 5.75 Å². The third-order valence-electron chi connectivity index (χ3n) is 3.89. The number of thiophene rings is 1. The summed E-state index contributed by atoms with van der Waals surface area (Å²) in [5.74, 6) is 1.42. The van der Waals surface area contributed by atoms with Gasteiger partial charge in [-0.15, -0.1) is 35.3 Å². The van der Waals surface area contributed by atoms with Gasteiger partial charge in [0.1, 0.15) is 11.4 Å². The van der Waals surface area contributed by atoms with Gasteiger partial charge < -0.3 is 20.5 Å². The highest BCUT2D eigenvalue weighted by atomic mass is 127. The molecule has 0 spiro atoms. The molecule has 3 N–H and O–H groups in total. The molecule has 1 atom stereocenters. The van der Waals surface area contributed by atoms with Crippen LogP contribution in [0, 0.1) is 0 Å². The first-order valence-electron chi connectivity index (χ1n) is 8.57. The summed E-state index contributed by atoms with van der Waals surface area (Å²) in [6.07, 6.45) is 0.758. The summed E-state index contributed by atoms with van der Waals surface area (Å²) in [5, 5.41) is 19.7. The summed E-state index contributed by atoms with van der Waals surface area (Å²) in [6, 6.07) is 9.54. The first-order chi connectivity index (χ1) is 12.5. The van der Waals surface area contributed by atoms with Crippen LogP contribution in [-0.2, 0) is 12.0 Å². The number of benzene rings is 1. The van der Waals surface area contributed by atoms with Crippen LogP contribution in [0.15, 0.2) is 40.7 Å². The van der Waals surface area contributed by atoms with Gasteiger partial charge in [0, 0.05) is 23.0 Å². The third-order valence-corrected chi connectivity index (χ3v) is 5.36. The smallest absolute Gasteiger partial charge is 0.191 e. The van der Waals surface area contributed by atoms with Crippen LogP contribution in [0.3, 0.4) is 0 Å². The Bertz CT molecular complexity index is 724. The number of rotatable bonds is 8. The fraction of sp³-hybridized carbons (Fsp3) is 0.421. The Morgan fingerprint density at radius 1 is 1.33 bits per heavy atom. The number of nitrogens with one attached hydrogen (secondary N) is 2. The maximum Gasteiger partial charge on any atom is 0.191 e. The van der Waals surface area contributed by atoms with Gasteiger partial charge in [-0.1, -0.05) is 23.7 Å². The molecular formula is C19H27ClIN3O2S. The molecule has 0 fully saturated rings. The molecule has 2 rings (SSSR count). The average Bonchev–Trinajstić information content (AvgIpc) is 3.16. The predicted molar refractivity (Wildman–Crippen MR) is 125 cm³/mol. The number of guanidine groups is 1. The van der Waals surface area contributed by atoms with E-state index in [-0.39, 0.29) is 30.5 Å². The van der Waals surface area contributed by atoms with Gasteiger partial charge in [-0.05, 0) is 49.4 Å². The lowest BCUT2D eigenvalue weighted by molar-refractivity contribution is 0.0711. The Morgan fingerprint density at radius 2 is 2.11 bits per heavy atom. The first-order valence-corrected chi connectivity index (χ1v) is 9.83. The van der Waals surface area contributed by atoms with Crippen LogP contribution in [0.1, 0.15) is 24.3 Å². The van der Waals surface area contributed by atoms with Crippen molar-refractivity contribution < 1.29 is 9.84 Å². The molecular weight excluding hydrogens is 497 g/mol. The molecule has 2 aromatic rings. The van der Waals surface area contributed by atoms with Gasteiger partial charge in [0.2, 0.25) is 0 Å². The van der Waals surface area contributed by atoms with Crippen molar-refractivity contribution in [1.82, 2.24) is 10.6 Å². The molecule has 0 amide bonds. The normalized spacial score (nSPS) is 13.4. The summed E-state index contributed by atoms with van der Waals surface area (Å²) >= 11 is 7.81. The van der Waals surface area contributed by atoms with Gasteiger partial charge in [0.05, 0.1) is 13.7 Å². The summed E-state index contributed by atoms with van der Waals surface area (Å²) < 4.78 is 5.17. The van der Waals surface area contributed by atoms with E-state index in [0.717, 1.165) is 29.2 Å². The highest BCUT2D eigenvalue weighted by molar-refractivity contribution is 14.0. The van der Waals surface area contributed by atoms with Gasteiger partial charge in [-0.3, -0.25) is 0 Å². The molecule has 150 valence electrons. The minimum absolute atomic E-state index is 0. The summed E-state index contributed by atoms with van der Waals surface area (Å²) in [5.41, 5.74) is 0.0666. The quantitative estimate of drug-likeness (QED) is 0.278. The van der Waals surface area contributed by atoms with Crippen molar-refractivity contribution in [2.75, 3.05) is 26.7 Å². The number of methoxy groups -OCH3 is 1. The van der Waals surface area contributed by atoms with Gasteiger partial charge in [0.25, 0.3) is 0 Å². The van der Waals surface area contributed by atoms with Crippen molar-refractivity contribution >= 4 is 52.9 Å². The van der Waals surface area contributed by atoms with E-state index in [2.05, 4.69) is 15.6 Å². The third kappa shape index (κ3) is 7.48. The predicted octanol–water partition coefficient (Wildman–Crippen LogP) is 4.03. The molecule has 5 nitrogen and oxygen atoms in total. The maximum atomic E-state index is 10.6. The molecule has 1 aromatic carbocycles. The van der Waals surface area contributed by atoms with Crippen LogP contribution >= 0.6 is 46.9 Å². The Hall–Kier alpha value is -1.03. The summed E-state index contributed by atoms with van der Waals surface area (Å²) in [4.78, 5) is 5.42. The molecule has 0 bridgehead atoms. The van der Waals surface area contributed by atoms with Gasteiger partial charge in [0.15, 0.2) is 5.96 Å². The number of aliphatic imine (C=N–C) groups is 1. The van der Waals surface area contributed by atoms with Gasteiger partial charge >= 0.3 is 0 Å². The van der Waals surface area contributed by atoms with E-state index in [9.17, 15) is 5.11 Å². The van der Waals surface area contributed by atoms with Crippen molar-refractivity contribution in [2.45, 2.75) is 25.9 Å². The molecule has 0 saturated carbocycles. The Morgan fingerprint density at radius 3 is 2.70 bits per heavy atom. The maximum absolute atomic E-state index is 10.6. The molecule has 0 aliphatic carbocycles. The fourth-order valence-electron chi connectivity index (χ4n) is 2.41. The Kier molecular flexibility index (Phi) is 10.4. The largest absolute Gasteiger partial charge is 0.497 e. The monoisotopic (exact) mass is 523 g/mol. The van der Waals surface area contributed by atoms with Crippen LogP contribution < -0.4 is 15.4 Å². The van der Waals surface area contributed by atoms with E-state index < -0.39 is 5.60 Å². The van der Waals surface area contributed by atoms with E-state index in [0.29, 0.717) is 17.5 Å². The van der Waals surface area contributed by atoms with Gasteiger partial charge in [-0.2, -0.15) is 0 Å². The zero-order valence-electron chi connectivity index (χ0n) is 15.8. The van der Waals surface area contributed by atoms with Crippen molar-refractivity contribution in [3.05, 3.63) is 51.2 Å². The van der Waals surface area contributed by atoms with Crippen LogP contribution in [0.25, 0.3) is 0 Å². The highest BCUT2D eigenvalue weighted by Gasteiger charge is 2.23. The topological polar surface area (TPSA) is 65.9 Å². The number of hydrogen-bond acceptors (Lipinski definition) is 4. The highest BCUT2D eigenvalue weighted by Crippen LogP contribution is 2.25. The van der Waals surface area contributed by atoms with E-state index >= 15 is 0 Å². The van der Waals surface area contributed by atoms with E-state index in [1.54, 1.807) is 14.0 Å². The lowest BCUT2D eigenvalue weighted by atomic mass is 10.1. The molecule has 1 unspecified atom stereocenters. The lowest BCUT2D eigenvalue weighted by Gasteiger charge is -2.20. The van der Waals surface area contributed by atoms with E-state index in [4.69, 9.17) is 16.3 Å². The second-order valence-corrected chi connectivity index (χ2v) is 7.44. The van der Waals surface area contributed by atoms with Crippen molar-refractivity contribution in [2.24, 2.45) is 4.99 Å². The molecule has 0 aliphatic heterocycles. The Balaban J connectivity index is 0.00000364. The van der Waals surface area contributed by atoms with Gasteiger partial charge in [-0.25, -0.2) is 4.99 Å². The minimum Gasteiger partial charge on any atom is -0.497 e. The molecule has 1 heterocycles. The molecule has 1 aromatic heterocycles. The van der Waals surface area contributed by atoms with Crippen molar-refractivity contribution in [1.29, 1.82) is 0 Å². The number of halogens is 2. The van der Waals surface area contributed by atoms with Crippen LogP contribution in [-0.4, -0.2) is 37.8 Å². The average molecular weight is 524 g/mol. The van der Waals surface area contributed by atoms with E-state index in [1.807, 2.05) is 42.6 Å². The second kappa shape index (κ2) is 11.7. The standard InChI is InChI=1S/C19H26ClN3O2S.HI/c1-4-21-18(23-13-19(2,24)17-6-5-11-26-17)22-10-9-14-7-8-15(25-3)12-16(14)20;/h5-8,11-12,24H,4,9-10,13H2,1-3H3,(H2,21,22,23);1H.